The van der Waals surface area contributed by atoms with Crippen LogP contribution in [0.25, 0.3) is 23.3 Å². The maximum atomic E-state index is 10.1. The summed E-state index contributed by atoms with van der Waals surface area (Å²) in [5.74, 6) is 0.869. The van der Waals surface area contributed by atoms with E-state index in [1.807, 2.05) is 66.7 Å². The van der Waals surface area contributed by atoms with Gasteiger partial charge >= 0.3 is 0 Å². The van der Waals surface area contributed by atoms with E-state index < -0.39 is 0 Å². The van der Waals surface area contributed by atoms with Crippen molar-refractivity contribution in [1.82, 2.24) is 4.90 Å². The zero-order chi connectivity index (χ0) is 26.9. The van der Waals surface area contributed by atoms with Gasteiger partial charge in [-0.15, -0.1) is 0 Å². The highest BCUT2D eigenvalue weighted by Gasteiger charge is 2.26. The largest absolute Gasteiger partial charge is 0.511 e. The highest BCUT2D eigenvalue weighted by molar-refractivity contribution is 5.81. The van der Waals surface area contributed by atoms with Gasteiger partial charge in [0.2, 0.25) is 0 Å². The third-order valence-corrected chi connectivity index (χ3v) is 6.73. The molecule has 0 amide bonds. The standard InChI is InChI=1S/C32H34N2O4/c1-23-18-28(21-34-14-15-37-22-31(34)24(2)35)32(38-17-16-36-3)19-27(23)13-12-26-10-7-11-29(30(26)20-33)25-8-5-4-6-9-25/h4-13,18-19,31,35H,2,14-17,21-22H2,1,3H3/b13-12+/t31-/m0/s1. The molecular weight excluding hydrogens is 476 g/mol. The molecule has 1 fully saturated rings. The SMILES string of the molecule is C=C(O)[C@@H]1COCCN1Cc1cc(C)c(/C=C/c2cccc(-c3ccccc3)c2C#N)cc1OCCOC. The summed E-state index contributed by atoms with van der Waals surface area (Å²) in [6.07, 6.45) is 4.01. The third kappa shape index (κ3) is 6.51. The smallest absolute Gasteiger partial charge is 0.124 e. The molecule has 1 saturated heterocycles. The molecule has 1 aliphatic rings. The van der Waals surface area contributed by atoms with Gasteiger partial charge in [-0.2, -0.15) is 5.26 Å². The van der Waals surface area contributed by atoms with Gasteiger partial charge in [-0.1, -0.05) is 73.3 Å². The molecule has 0 radical (unpaired) electrons. The minimum atomic E-state index is -0.253. The lowest BCUT2D eigenvalue weighted by Crippen LogP contribution is -2.45. The first-order valence-electron chi connectivity index (χ1n) is 12.7. The summed E-state index contributed by atoms with van der Waals surface area (Å²) in [5, 5.41) is 20.1. The van der Waals surface area contributed by atoms with Gasteiger partial charge < -0.3 is 19.3 Å². The van der Waals surface area contributed by atoms with Gasteiger partial charge in [0, 0.05) is 31.3 Å². The van der Waals surface area contributed by atoms with E-state index >= 15 is 0 Å². The number of morpholine rings is 1. The minimum Gasteiger partial charge on any atom is -0.511 e. The van der Waals surface area contributed by atoms with Gasteiger partial charge in [0.05, 0.1) is 31.4 Å². The first-order valence-corrected chi connectivity index (χ1v) is 12.7. The second kappa shape index (κ2) is 13.1. The van der Waals surface area contributed by atoms with Crippen molar-refractivity contribution < 1.29 is 19.3 Å². The van der Waals surface area contributed by atoms with Gasteiger partial charge in [0.1, 0.15) is 24.2 Å². The average Bonchev–Trinajstić information content (AvgIpc) is 2.94. The fourth-order valence-electron chi connectivity index (χ4n) is 4.66. The first kappa shape index (κ1) is 27.2. The highest BCUT2D eigenvalue weighted by atomic mass is 16.5. The number of methoxy groups -OCH3 is 1. The monoisotopic (exact) mass is 510 g/mol. The summed E-state index contributed by atoms with van der Waals surface area (Å²) >= 11 is 0. The van der Waals surface area contributed by atoms with Gasteiger partial charge in [-0.25, -0.2) is 0 Å². The Hall–Kier alpha value is -3.89. The second-order valence-electron chi connectivity index (χ2n) is 9.29. The van der Waals surface area contributed by atoms with Crippen LogP contribution in [0.1, 0.15) is 27.8 Å². The van der Waals surface area contributed by atoms with Crippen molar-refractivity contribution >= 4 is 12.2 Å². The molecule has 1 atom stereocenters. The number of aliphatic hydroxyl groups excluding tert-OH is 1. The lowest BCUT2D eigenvalue weighted by atomic mass is 9.95. The minimum absolute atomic E-state index is 0.105. The molecule has 1 heterocycles. The predicted molar refractivity (Wildman–Crippen MR) is 151 cm³/mol. The molecule has 6 heteroatoms. The molecule has 3 aromatic rings. The van der Waals surface area contributed by atoms with Crippen LogP contribution in [0.15, 0.2) is 73.0 Å². The number of aryl methyl sites for hydroxylation is 1. The van der Waals surface area contributed by atoms with Crippen LogP contribution in [-0.4, -0.2) is 56.1 Å². The molecule has 0 spiro atoms. The Bertz CT molecular complexity index is 1330. The van der Waals surface area contributed by atoms with E-state index in [0.29, 0.717) is 45.1 Å². The number of rotatable bonds is 10. The predicted octanol–water partition coefficient (Wildman–Crippen LogP) is 6.00. The van der Waals surface area contributed by atoms with Crippen LogP contribution in [0.2, 0.25) is 0 Å². The van der Waals surface area contributed by atoms with Crippen LogP contribution in [0.3, 0.4) is 0 Å². The van der Waals surface area contributed by atoms with E-state index in [9.17, 15) is 10.4 Å². The molecule has 3 aromatic carbocycles. The molecule has 0 saturated carbocycles. The third-order valence-electron chi connectivity index (χ3n) is 6.73. The number of nitrogens with zero attached hydrogens (tertiary/aromatic N) is 2. The van der Waals surface area contributed by atoms with Crippen LogP contribution < -0.4 is 4.74 Å². The van der Waals surface area contributed by atoms with Gasteiger partial charge in [-0.05, 0) is 35.2 Å². The van der Waals surface area contributed by atoms with Crippen molar-refractivity contribution in [2.45, 2.75) is 19.5 Å². The van der Waals surface area contributed by atoms with Crippen molar-refractivity contribution in [1.29, 1.82) is 5.26 Å². The van der Waals surface area contributed by atoms with E-state index in [1.165, 1.54) is 0 Å². The van der Waals surface area contributed by atoms with Gasteiger partial charge in [0.25, 0.3) is 0 Å². The topological polar surface area (TPSA) is 75.0 Å². The summed E-state index contributed by atoms with van der Waals surface area (Å²) < 4.78 is 16.9. The van der Waals surface area contributed by atoms with E-state index in [-0.39, 0.29) is 11.8 Å². The van der Waals surface area contributed by atoms with E-state index in [1.54, 1.807) is 7.11 Å². The van der Waals surface area contributed by atoms with Crippen molar-refractivity contribution in [2.75, 3.05) is 40.1 Å². The number of nitriles is 1. The summed E-state index contributed by atoms with van der Waals surface area (Å²) in [7, 11) is 1.65. The van der Waals surface area contributed by atoms with Gasteiger partial charge in [-0.3, -0.25) is 4.90 Å². The summed E-state index contributed by atoms with van der Waals surface area (Å²) in [5.41, 5.74) is 6.53. The van der Waals surface area contributed by atoms with Crippen LogP contribution in [0.5, 0.6) is 5.75 Å². The Morgan fingerprint density at radius 3 is 2.66 bits per heavy atom. The number of hydrogen-bond acceptors (Lipinski definition) is 6. The average molecular weight is 511 g/mol. The molecule has 6 nitrogen and oxygen atoms in total. The Morgan fingerprint density at radius 1 is 1.13 bits per heavy atom. The van der Waals surface area contributed by atoms with Crippen LogP contribution in [0.4, 0.5) is 0 Å². The first-order chi connectivity index (χ1) is 18.5. The molecule has 0 aromatic heterocycles. The number of hydrogen-bond donors (Lipinski definition) is 1. The van der Waals surface area contributed by atoms with Crippen molar-refractivity contribution in [2.24, 2.45) is 0 Å². The summed E-state index contributed by atoms with van der Waals surface area (Å²) in [6.45, 7) is 9.00. The quantitative estimate of drug-likeness (QED) is 0.205. The maximum Gasteiger partial charge on any atom is 0.124 e. The Balaban J connectivity index is 1.66. The molecule has 0 bridgehead atoms. The van der Waals surface area contributed by atoms with E-state index in [0.717, 1.165) is 39.1 Å². The molecular formula is C32H34N2O4. The fraction of sp³-hybridized carbons (Fsp3) is 0.281. The molecule has 38 heavy (non-hydrogen) atoms. The number of aliphatic hydroxyl groups is 1. The number of ether oxygens (including phenoxy) is 3. The zero-order valence-corrected chi connectivity index (χ0v) is 22.0. The van der Waals surface area contributed by atoms with Crippen LogP contribution in [0, 0.1) is 18.3 Å². The van der Waals surface area contributed by atoms with Crippen molar-refractivity contribution in [3.8, 4) is 22.9 Å². The maximum absolute atomic E-state index is 10.1. The lowest BCUT2D eigenvalue weighted by molar-refractivity contribution is -0.0113. The van der Waals surface area contributed by atoms with Crippen LogP contribution >= 0.6 is 0 Å². The van der Waals surface area contributed by atoms with Crippen molar-refractivity contribution in [3.05, 3.63) is 101 Å². The van der Waals surface area contributed by atoms with E-state index in [4.69, 9.17) is 14.2 Å². The number of benzene rings is 3. The second-order valence-corrected chi connectivity index (χ2v) is 9.29. The Morgan fingerprint density at radius 2 is 1.92 bits per heavy atom. The molecule has 0 aliphatic carbocycles. The van der Waals surface area contributed by atoms with Crippen molar-refractivity contribution in [3.63, 3.8) is 0 Å². The van der Waals surface area contributed by atoms with Crippen LogP contribution in [-0.2, 0) is 16.0 Å². The molecule has 4 rings (SSSR count). The fourth-order valence-corrected chi connectivity index (χ4v) is 4.66. The van der Waals surface area contributed by atoms with Gasteiger partial charge in [0.15, 0.2) is 0 Å². The summed E-state index contributed by atoms with van der Waals surface area (Å²) in [6, 6.07) is 22.2. The molecule has 196 valence electrons. The Kier molecular flexibility index (Phi) is 9.34. The summed E-state index contributed by atoms with van der Waals surface area (Å²) in [4.78, 5) is 2.16. The normalized spacial score (nSPS) is 15.9. The highest BCUT2D eigenvalue weighted by Crippen LogP contribution is 2.30. The Labute approximate surface area is 225 Å². The lowest BCUT2D eigenvalue weighted by Gasteiger charge is -2.35. The zero-order valence-electron chi connectivity index (χ0n) is 22.0. The molecule has 0 unspecified atom stereocenters. The van der Waals surface area contributed by atoms with E-state index in [2.05, 4.69) is 30.5 Å². The molecule has 1 aliphatic heterocycles. The molecule has 1 N–H and O–H groups in total.